The lowest BCUT2D eigenvalue weighted by Crippen LogP contribution is -3.19. The Morgan fingerprint density at radius 1 is 1.35 bits per heavy atom. The monoisotopic (exact) mass is 281 g/mol. The van der Waals surface area contributed by atoms with Gasteiger partial charge in [-0.05, 0) is 32.9 Å². The molecular weight excluding hydrogens is 259 g/mol. The molecule has 1 aliphatic heterocycles. The van der Waals surface area contributed by atoms with Gasteiger partial charge < -0.3 is 15.0 Å². The van der Waals surface area contributed by atoms with E-state index in [2.05, 4.69) is 5.32 Å². The number of amides is 1. The smallest absolute Gasteiger partial charge is 0.282 e. The summed E-state index contributed by atoms with van der Waals surface area (Å²) >= 11 is 0. The van der Waals surface area contributed by atoms with E-state index < -0.39 is 5.82 Å². The molecule has 0 unspecified atom stereocenters. The number of halogens is 1. The van der Waals surface area contributed by atoms with Gasteiger partial charge in [0.05, 0.1) is 5.69 Å². The van der Waals surface area contributed by atoms with Gasteiger partial charge in [-0.1, -0.05) is 12.1 Å². The molecule has 1 aromatic carbocycles. The molecule has 110 valence electrons. The van der Waals surface area contributed by atoms with Gasteiger partial charge in [-0.3, -0.25) is 4.79 Å². The fraction of sp³-hybridized carbons (Fsp3) is 0.533. The molecule has 4 nitrogen and oxygen atoms in total. The highest BCUT2D eigenvalue weighted by Crippen LogP contribution is 2.12. The highest BCUT2D eigenvalue weighted by Gasteiger charge is 2.33. The Hall–Kier alpha value is -1.46. The minimum absolute atomic E-state index is 0.137. The second-order valence-corrected chi connectivity index (χ2v) is 5.51. The minimum atomic E-state index is -0.410. The zero-order valence-corrected chi connectivity index (χ0v) is 12.2. The number of morpholine rings is 1. The summed E-state index contributed by atoms with van der Waals surface area (Å²) < 4.78 is 19.2. The van der Waals surface area contributed by atoms with Crippen molar-refractivity contribution in [2.45, 2.75) is 39.0 Å². The van der Waals surface area contributed by atoms with Gasteiger partial charge in [0.15, 0.2) is 6.04 Å². The molecule has 1 fully saturated rings. The maximum atomic E-state index is 13.5. The van der Waals surface area contributed by atoms with Crippen LogP contribution in [0.15, 0.2) is 24.3 Å². The molecule has 1 heterocycles. The number of ether oxygens (including phenoxy) is 1. The van der Waals surface area contributed by atoms with Crippen molar-refractivity contribution in [1.29, 1.82) is 0 Å². The molecule has 0 spiro atoms. The molecule has 0 bridgehead atoms. The summed E-state index contributed by atoms with van der Waals surface area (Å²) in [6.45, 7) is 7.47. The van der Waals surface area contributed by atoms with Crippen molar-refractivity contribution in [3.63, 3.8) is 0 Å². The predicted octanol–water partition coefficient (Wildman–Crippen LogP) is 0.845. The second kappa shape index (κ2) is 6.33. The average Bonchev–Trinajstić information content (AvgIpc) is 2.39. The first-order valence-corrected chi connectivity index (χ1v) is 7.02. The zero-order chi connectivity index (χ0) is 14.7. The number of rotatable bonds is 3. The Labute approximate surface area is 118 Å². The summed E-state index contributed by atoms with van der Waals surface area (Å²) in [7, 11) is 0. The van der Waals surface area contributed by atoms with Crippen LogP contribution in [-0.2, 0) is 9.53 Å². The van der Waals surface area contributed by atoms with Gasteiger partial charge in [0, 0.05) is 0 Å². The molecule has 0 aliphatic carbocycles. The molecule has 1 saturated heterocycles. The van der Waals surface area contributed by atoms with Crippen molar-refractivity contribution < 1.29 is 18.8 Å². The molecule has 0 aromatic heterocycles. The number of quaternary nitrogens is 1. The Bertz CT molecular complexity index is 471. The molecule has 2 N–H and O–H groups in total. The van der Waals surface area contributed by atoms with Crippen LogP contribution in [0.2, 0.25) is 0 Å². The van der Waals surface area contributed by atoms with Gasteiger partial charge in [0.2, 0.25) is 0 Å². The Balaban J connectivity index is 2.00. The minimum Gasteiger partial charge on any atom is -0.364 e. The van der Waals surface area contributed by atoms with E-state index >= 15 is 0 Å². The number of nitrogens with one attached hydrogen (secondary N) is 2. The van der Waals surface area contributed by atoms with Crippen LogP contribution >= 0.6 is 0 Å². The fourth-order valence-electron chi connectivity index (χ4n) is 2.66. The second-order valence-electron chi connectivity index (χ2n) is 5.51. The summed E-state index contributed by atoms with van der Waals surface area (Å²) in [6, 6.07) is 5.98. The molecule has 1 aromatic rings. The molecule has 2 rings (SSSR count). The zero-order valence-electron chi connectivity index (χ0n) is 12.2. The molecule has 0 radical (unpaired) electrons. The van der Waals surface area contributed by atoms with Gasteiger partial charge in [0.25, 0.3) is 5.91 Å². The topological polar surface area (TPSA) is 42.8 Å². The first-order valence-electron chi connectivity index (χ1n) is 7.02. The first kappa shape index (κ1) is 14.9. The highest BCUT2D eigenvalue weighted by atomic mass is 19.1. The normalized spacial score (nSPS) is 27.9. The molecule has 1 aliphatic rings. The van der Waals surface area contributed by atoms with Gasteiger partial charge in [-0.25, -0.2) is 4.39 Å². The first-order chi connectivity index (χ1) is 9.47. The third kappa shape index (κ3) is 3.55. The lowest BCUT2D eigenvalue weighted by atomic mass is 10.1. The van der Waals surface area contributed by atoms with Crippen LogP contribution in [0.4, 0.5) is 10.1 Å². The lowest BCUT2D eigenvalue weighted by molar-refractivity contribution is -0.928. The average molecular weight is 281 g/mol. The largest absolute Gasteiger partial charge is 0.364 e. The Morgan fingerprint density at radius 3 is 2.55 bits per heavy atom. The van der Waals surface area contributed by atoms with Crippen molar-refractivity contribution in [3.8, 4) is 0 Å². The van der Waals surface area contributed by atoms with Crippen LogP contribution in [0.1, 0.15) is 20.8 Å². The lowest BCUT2D eigenvalue weighted by Gasteiger charge is -2.35. The van der Waals surface area contributed by atoms with E-state index in [1.165, 1.54) is 11.0 Å². The van der Waals surface area contributed by atoms with E-state index in [0.29, 0.717) is 0 Å². The predicted molar refractivity (Wildman–Crippen MR) is 75.2 cm³/mol. The van der Waals surface area contributed by atoms with Crippen molar-refractivity contribution in [2.24, 2.45) is 0 Å². The summed E-state index contributed by atoms with van der Waals surface area (Å²) in [6.07, 6.45) is 0.273. The molecule has 1 amide bonds. The maximum Gasteiger partial charge on any atom is 0.282 e. The van der Waals surface area contributed by atoms with Gasteiger partial charge in [-0.2, -0.15) is 0 Å². The summed E-state index contributed by atoms with van der Waals surface area (Å²) in [4.78, 5) is 13.4. The molecular formula is C15H22FN2O2+. The Kier molecular flexibility index (Phi) is 4.73. The van der Waals surface area contributed by atoms with Crippen LogP contribution in [-0.4, -0.2) is 37.2 Å². The number of hydrogen-bond acceptors (Lipinski definition) is 2. The van der Waals surface area contributed by atoms with E-state index in [4.69, 9.17) is 4.74 Å². The van der Waals surface area contributed by atoms with E-state index in [1.54, 1.807) is 18.2 Å². The van der Waals surface area contributed by atoms with Gasteiger partial charge in [0.1, 0.15) is 31.1 Å². The summed E-state index contributed by atoms with van der Waals surface area (Å²) in [5, 5.41) is 2.66. The number of benzene rings is 1. The maximum absolute atomic E-state index is 13.5. The van der Waals surface area contributed by atoms with Crippen LogP contribution in [0.25, 0.3) is 0 Å². The Morgan fingerprint density at radius 2 is 1.95 bits per heavy atom. The summed E-state index contributed by atoms with van der Waals surface area (Å²) in [5.74, 6) is -0.571. The van der Waals surface area contributed by atoms with Crippen molar-refractivity contribution in [1.82, 2.24) is 0 Å². The quantitative estimate of drug-likeness (QED) is 0.862. The molecule has 3 atom stereocenters. The van der Waals surface area contributed by atoms with Crippen LogP contribution in [0, 0.1) is 5.82 Å². The van der Waals surface area contributed by atoms with Crippen molar-refractivity contribution in [3.05, 3.63) is 30.1 Å². The van der Waals surface area contributed by atoms with E-state index in [-0.39, 0.29) is 29.8 Å². The third-order valence-electron chi connectivity index (χ3n) is 3.70. The van der Waals surface area contributed by atoms with Crippen molar-refractivity contribution in [2.75, 3.05) is 18.4 Å². The van der Waals surface area contributed by atoms with E-state index in [1.807, 2.05) is 20.8 Å². The SMILES string of the molecule is C[C@@H]1C[NH+]([C@@H](C)C(=O)Nc2ccccc2F)C[C@@H](C)O1. The third-order valence-corrected chi connectivity index (χ3v) is 3.70. The van der Waals surface area contributed by atoms with Crippen LogP contribution in [0.5, 0.6) is 0 Å². The summed E-state index contributed by atoms with van der Waals surface area (Å²) in [5.41, 5.74) is 0.234. The van der Waals surface area contributed by atoms with Gasteiger partial charge in [-0.15, -0.1) is 0 Å². The number of para-hydroxylation sites is 1. The molecule has 5 heteroatoms. The number of carbonyl (C=O) groups is 1. The number of carbonyl (C=O) groups excluding carboxylic acids is 1. The highest BCUT2D eigenvalue weighted by molar-refractivity contribution is 5.93. The number of anilines is 1. The molecule has 0 saturated carbocycles. The van der Waals surface area contributed by atoms with Crippen LogP contribution in [0.3, 0.4) is 0 Å². The van der Waals surface area contributed by atoms with Crippen LogP contribution < -0.4 is 10.2 Å². The fourth-order valence-corrected chi connectivity index (χ4v) is 2.66. The standard InChI is InChI=1S/C15H21FN2O2/c1-10-8-18(9-11(2)20-10)12(3)15(19)17-14-7-5-4-6-13(14)16/h4-7,10-12H,8-9H2,1-3H3,(H,17,19)/p+1/t10-,11-,12+/m1/s1. The van der Waals surface area contributed by atoms with E-state index in [0.717, 1.165) is 13.1 Å². The molecule has 20 heavy (non-hydrogen) atoms. The van der Waals surface area contributed by atoms with Gasteiger partial charge >= 0.3 is 0 Å². The number of hydrogen-bond donors (Lipinski definition) is 2. The van der Waals surface area contributed by atoms with Crippen molar-refractivity contribution >= 4 is 11.6 Å². The van der Waals surface area contributed by atoms with E-state index in [9.17, 15) is 9.18 Å².